The molecule has 2 amide bonds. The van der Waals surface area contributed by atoms with Gasteiger partial charge >= 0.3 is 5.97 Å². The van der Waals surface area contributed by atoms with E-state index < -0.39 is 11.1 Å². The molecule has 2 aromatic rings. The molecule has 9 nitrogen and oxygen atoms in total. The molecule has 0 bridgehead atoms. The second-order valence-corrected chi connectivity index (χ2v) is 15.7. The van der Waals surface area contributed by atoms with Crippen LogP contribution in [0.3, 0.4) is 0 Å². The van der Waals surface area contributed by atoms with E-state index in [2.05, 4.69) is 48.7 Å². The number of hydrogen-bond donors (Lipinski definition) is 3. The Bertz CT molecular complexity index is 1630. The lowest BCUT2D eigenvalue weighted by Gasteiger charge is -2.43. The van der Waals surface area contributed by atoms with E-state index in [9.17, 15) is 19.5 Å². The Kier molecular flexibility index (Phi) is 12.2. The highest BCUT2D eigenvalue weighted by Gasteiger charge is 2.51. The SMILES string of the molecule is CCOC(=O)C1(NC(=O)Cc2c(C)cc(C)cc2C)CCC(C)(OC)CC1.COC1(C)CCC2(CC1)NC(=O)C(c1c(C)cc(C)cc1C)=C2O. The quantitative estimate of drug-likeness (QED) is 0.247. The van der Waals surface area contributed by atoms with Crippen molar-refractivity contribution in [1.29, 1.82) is 0 Å². The van der Waals surface area contributed by atoms with Gasteiger partial charge in [-0.3, -0.25) is 9.59 Å². The second-order valence-electron chi connectivity index (χ2n) is 15.7. The van der Waals surface area contributed by atoms with E-state index in [1.54, 1.807) is 21.1 Å². The minimum atomic E-state index is -0.961. The summed E-state index contributed by atoms with van der Waals surface area (Å²) in [7, 11) is 3.42. The number of nitrogens with one attached hydrogen (secondary N) is 2. The molecule has 51 heavy (non-hydrogen) atoms. The van der Waals surface area contributed by atoms with Gasteiger partial charge in [0, 0.05) is 14.2 Å². The average Bonchev–Trinajstić information content (AvgIpc) is 3.30. The van der Waals surface area contributed by atoms with Gasteiger partial charge in [0.25, 0.3) is 5.91 Å². The molecule has 2 aromatic carbocycles. The summed E-state index contributed by atoms with van der Waals surface area (Å²) in [6.45, 7) is 18.4. The van der Waals surface area contributed by atoms with Crippen molar-refractivity contribution in [2.24, 2.45) is 0 Å². The van der Waals surface area contributed by atoms with Crippen LogP contribution >= 0.6 is 0 Å². The van der Waals surface area contributed by atoms with Crippen LogP contribution in [0.1, 0.15) is 117 Å². The first-order chi connectivity index (χ1) is 23.9. The zero-order valence-electron chi connectivity index (χ0n) is 32.8. The van der Waals surface area contributed by atoms with Gasteiger partial charge in [-0.05, 0) is 147 Å². The molecule has 2 saturated carbocycles. The van der Waals surface area contributed by atoms with Crippen molar-refractivity contribution in [3.05, 3.63) is 74.5 Å². The summed E-state index contributed by atoms with van der Waals surface area (Å²) in [5.74, 6) is -0.433. The topological polar surface area (TPSA) is 123 Å². The van der Waals surface area contributed by atoms with Crippen LogP contribution < -0.4 is 10.6 Å². The molecule has 0 radical (unpaired) electrons. The van der Waals surface area contributed by atoms with Crippen molar-refractivity contribution in [2.75, 3.05) is 20.8 Å². The van der Waals surface area contributed by atoms with Gasteiger partial charge in [0.1, 0.15) is 11.3 Å². The van der Waals surface area contributed by atoms with Crippen LogP contribution in [0.2, 0.25) is 0 Å². The molecule has 3 aliphatic rings. The molecule has 0 saturated heterocycles. The predicted molar refractivity (Wildman–Crippen MR) is 201 cm³/mol. The van der Waals surface area contributed by atoms with Crippen molar-refractivity contribution in [3.8, 4) is 0 Å². The smallest absolute Gasteiger partial charge is 0.331 e. The lowest BCUT2D eigenvalue weighted by Crippen LogP contribution is -2.59. The molecule has 0 unspecified atom stereocenters. The zero-order valence-corrected chi connectivity index (χ0v) is 32.8. The largest absolute Gasteiger partial charge is 0.509 e. The van der Waals surface area contributed by atoms with Crippen LogP contribution in [0.5, 0.6) is 0 Å². The third-order valence-corrected chi connectivity index (χ3v) is 11.7. The van der Waals surface area contributed by atoms with Crippen LogP contribution in [0, 0.1) is 41.5 Å². The van der Waals surface area contributed by atoms with Gasteiger partial charge in [0.05, 0.1) is 35.3 Å². The Labute approximate surface area is 304 Å². The fourth-order valence-electron chi connectivity index (χ4n) is 8.28. The predicted octanol–water partition coefficient (Wildman–Crippen LogP) is 7.28. The van der Waals surface area contributed by atoms with Crippen LogP contribution in [0.25, 0.3) is 5.57 Å². The fraction of sp³-hybridized carbons (Fsp3) is 0.595. The molecular weight excluding hydrogens is 644 g/mol. The molecule has 1 spiro atoms. The summed E-state index contributed by atoms with van der Waals surface area (Å²) >= 11 is 0. The van der Waals surface area contributed by atoms with Crippen LogP contribution in [-0.4, -0.2) is 66.0 Å². The number of methoxy groups -OCH3 is 2. The summed E-state index contributed by atoms with van der Waals surface area (Å²) < 4.78 is 16.5. The van der Waals surface area contributed by atoms with Crippen LogP contribution in [-0.2, 0) is 35.0 Å². The molecule has 1 aliphatic heterocycles. The van der Waals surface area contributed by atoms with E-state index in [0.29, 0.717) is 50.7 Å². The summed E-state index contributed by atoms with van der Waals surface area (Å²) in [6, 6.07) is 8.29. The van der Waals surface area contributed by atoms with E-state index >= 15 is 0 Å². The van der Waals surface area contributed by atoms with Gasteiger partial charge in [0.15, 0.2) is 0 Å². The standard InChI is InChI=1S/C22H33NO4.C20H27NO3/c1-7-27-20(25)22(10-8-21(5,26-6)9-11-22)23-19(24)14-18-16(3)12-15(2)13-17(18)4;1-12-10-13(2)15(14(3)11-12)16-17(22)20(21-18(16)23)8-6-19(4,24-5)7-9-20/h12-13H,7-11,14H2,1-6H3,(H,23,24);10-11,22H,6-9H2,1-5H3,(H,21,23). The molecule has 3 N–H and O–H groups in total. The van der Waals surface area contributed by atoms with Crippen molar-refractivity contribution >= 4 is 23.4 Å². The maximum Gasteiger partial charge on any atom is 0.331 e. The maximum atomic E-state index is 12.9. The Morgan fingerprint density at radius 3 is 1.67 bits per heavy atom. The molecule has 2 aliphatic carbocycles. The van der Waals surface area contributed by atoms with Gasteiger partial charge in [0.2, 0.25) is 5.91 Å². The molecule has 0 atom stereocenters. The highest BCUT2D eigenvalue weighted by atomic mass is 16.5. The zero-order chi connectivity index (χ0) is 37.9. The third-order valence-electron chi connectivity index (χ3n) is 11.7. The number of aliphatic hydroxyl groups excluding tert-OH is 1. The number of rotatable bonds is 8. The first kappa shape index (κ1) is 40.1. The van der Waals surface area contributed by atoms with E-state index in [4.69, 9.17) is 14.2 Å². The fourth-order valence-corrected chi connectivity index (χ4v) is 8.28. The van der Waals surface area contributed by atoms with Gasteiger partial charge in [-0.25, -0.2) is 4.79 Å². The van der Waals surface area contributed by atoms with Crippen LogP contribution in [0.4, 0.5) is 0 Å². The molecule has 9 heteroatoms. The number of hydrogen-bond acceptors (Lipinski definition) is 7. The van der Waals surface area contributed by atoms with Gasteiger partial charge in [-0.15, -0.1) is 0 Å². The number of amides is 2. The lowest BCUT2D eigenvalue weighted by molar-refractivity contribution is -0.158. The van der Waals surface area contributed by atoms with E-state index in [0.717, 1.165) is 51.8 Å². The van der Waals surface area contributed by atoms with Crippen molar-refractivity contribution in [1.82, 2.24) is 10.6 Å². The van der Waals surface area contributed by atoms with Crippen molar-refractivity contribution < 1.29 is 33.7 Å². The number of aliphatic hydroxyl groups is 1. The Morgan fingerprint density at radius 1 is 0.765 bits per heavy atom. The molecule has 5 rings (SSSR count). The molecular formula is C42H60N2O7. The average molecular weight is 705 g/mol. The monoisotopic (exact) mass is 704 g/mol. The minimum Gasteiger partial charge on any atom is -0.509 e. The first-order valence-electron chi connectivity index (χ1n) is 18.4. The van der Waals surface area contributed by atoms with Gasteiger partial charge in [-0.2, -0.15) is 0 Å². The summed E-state index contributed by atoms with van der Waals surface area (Å²) in [4.78, 5) is 38.3. The summed E-state index contributed by atoms with van der Waals surface area (Å²) in [5.41, 5.74) is 6.92. The Hall–Kier alpha value is -3.69. The van der Waals surface area contributed by atoms with Crippen molar-refractivity contribution in [2.45, 2.75) is 142 Å². The second kappa shape index (κ2) is 15.5. The normalized spacial score (nSPS) is 27.5. The number of aryl methyl sites for hydroxylation is 6. The number of benzene rings is 2. The third kappa shape index (κ3) is 8.52. The van der Waals surface area contributed by atoms with Crippen LogP contribution in [0.15, 0.2) is 30.0 Å². The highest BCUT2D eigenvalue weighted by Crippen LogP contribution is 2.46. The van der Waals surface area contributed by atoms with E-state index in [-0.39, 0.29) is 41.2 Å². The maximum absolute atomic E-state index is 12.9. The van der Waals surface area contributed by atoms with Gasteiger partial charge < -0.3 is 30.0 Å². The number of ether oxygens (including phenoxy) is 3. The van der Waals surface area contributed by atoms with E-state index in [1.165, 1.54) is 5.56 Å². The first-order valence-corrected chi connectivity index (χ1v) is 18.4. The highest BCUT2D eigenvalue weighted by molar-refractivity contribution is 6.24. The van der Waals surface area contributed by atoms with Crippen molar-refractivity contribution in [3.63, 3.8) is 0 Å². The number of esters is 1. The summed E-state index contributed by atoms with van der Waals surface area (Å²) in [5, 5.41) is 17.1. The number of carbonyl (C=O) groups excluding carboxylic acids is 3. The minimum absolute atomic E-state index is 0.140. The Balaban J connectivity index is 0.000000230. The lowest BCUT2D eigenvalue weighted by atomic mass is 9.74. The molecule has 0 aromatic heterocycles. The molecule has 2 fully saturated rings. The molecule has 1 heterocycles. The van der Waals surface area contributed by atoms with Gasteiger partial charge in [-0.1, -0.05) is 35.4 Å². The Morgan fingerprint density at radius 2 is 1.22 bits per heavy atom. The summed E-state index contributed by atoms with van der Waals surface area (Å²) in [6.07, 6.45) is 5.73. The molecule has 280 valence electrons. The van der Waals surface area contributed by atoms with E-state index in [1.807, 2.05) is 41.5 Å². The number of carbonyl (C=O) groups is 3.